The molecule has 3 heterocycles. The smallest absolute Gasteiger partial charge is 0.272 e. The van der Waals surface area contributed by atoms with E-state index in [1.165, 1.54) is 0 Å². The fourth-order valence-corrected chi connectivity index (χ4v) is 2.70. The number of hydrogen-bond donors (Lipinski definition) is 1. The van der Waals surface area contributed by atoms with E-state index in [0.29, 0.717) is 18.0 Å². The molecule has 3 rings (SSSR count). The summed E-state index contributed by atoms with van der Waals surface area (Å²) >= 11 is 0. The van der Waals surface area contributed by atoms with Crippen molar-refractivity contribution in [1.82, 2.24) is 20.1 Å². The molecule has 2 aromatic heterocycles. The Morgan fingerprint density at radius 2 is 2.38 bits per heavy atom. The topological polar surface area (TPSA) is 71.1 Å². The number of H-pyrrole nitrogens is 1. The lowest BCUT2D eigenvalue weighted by Gasteiger charge is -2.23. The number of hydrogen-bond acceptors (Lipinski definition) is 4. The van der Waals surface area contributed by atoms with Crippen molar-refractivity contribution < 1.29 is 9.53 Å². The van der Waals surface area contributed by atoms with E-state index in [9.17, 15) is 4.79 Å². The Hall–Kier alpha value is -2.21. The zero-order valence-electron chi connectivity index (χ0n) is 12.0. The summed E-state index contributed by atoms with van der Waals surface area (Å²) in [6.45, 7) is 1.35. The van der Waals surface area contributed by atoms with Gasteiger partial charge >= 0.3 is 0 Å². The predicted octanol–water partition coefficient (Wildman–Crippen LogP) is 1.72. The highest BCUT2D eigenvalue weighted by molar-refractivity contribution is 5.93. The van der Waals surface area contributed by atoms with Gasteiger partial charge in [-0.2, -0.15) is 5.10 Å². The molecule has 0 saturated carbocycles. The second-order valence-electron chi connectivity index (χ2n) is 5.13. The normalized spacial score (nSPS) is 18.1. The largest absolute Gasteiger partial charge is 0.383 e. The molecule has 1 amide bonds. The molecular weight excluding hydrogens is 268 g/mol. The van der Waals surface area contributed by atoms with E-state index < -0.39 is 0 Å². The number of aromatic nitrogens is 3. The van der Waals surface area contributed by atoms with Crippen LogP contribution in [0.3, 0.4) is 0 Å². The summed E-state index contributed by atoms with van der Waals surface area (Å²) in [6.07, 6.45) is 3.71. The van der Waals surface area contributed by atoms with E-state index in [0.717, 1.165) is 25.1 Å². The van der Waals surface area contributed by atoms with Crippen LogP contribution in [0.2, 0.25) is 0 Å². The van der Waals surface area contributed by atoms with Crippen LogP contribution >= 0.6 is 0 Å². The zero-order chi connectivity index (χ0) is 14.7. The van der Waals surface area contributed by atoms with Crippen LogP contribution in [0.25, 0.3) is 11.4 Å². The summed E-state index contributed by atoms with van der Waals surface area (Å²) in [7, 11) is 1.66. The Morgan fingerprint density at radius 1 is 1.48 bits per heavy atom. The number of nitrogens with zero attached hydrogens (tertiary/aromatic N) is 3. The molecule has 0 spiro atoms. The highest BCUT2D eigenvalue weighted by Crippen LogP contribution is 2.21. The Labute approximate surface area is 123 Å². The third kappa shape index (κ3) is 2.80. The minimum absolute atomic E-state index is 0.0239. The highest BCUT2D eigenvalue weighted by Gasteiger charge is 2.30. The summed E-state index contributed by atoms with van der Waals surface area (Å²) in [5.41, 5.74) is 1.93. The maximum Gasteiger partial charge on any atom is 0.272 e. The van der Waals surface area contributed by atoms with Crippen molar-refractivity contribution in [3.63, 3.8) is 0 Å². The Morgan fingerprint density at radius 3 is 3.14 bits per heavy atom. The maximum atomic E-state index is 12.6. The van der Waals surface area contributed by atoms with Crippen LogP contribution in [0.15, 0.2) is 30.5 Å². The first-order valence-electron chi connectivity index (χ1n) is 7.06. The fourth-order valence-electron chi connectivity index (χ4n) is 2.70. The number of nitrogens with one attached hydrogen (secondary N) is 1. The molecule has 0 radical (unpaired) electrons. The van der Waals surface area contributed by atoms with Crippen LogP contribution in [0.5, 0.6) is 0 Å². The summed E-state index contributed by atoms with van der Waals surface area (Å²) in [5.74, 6) is -0.0239. The number of aromatic amines is 1. The van der Waals surface area contributed by atoms with Crippen molar-refractivity contribution in [3.8, 4) is 11.4 Å². The lowest BCUT2D eigenvalue weighted by Crippen LogP contribution is -2.38. The molecule has 1 atom stereocenters. The maximum absolute atomic E-state index is 12.6. The third-order valence-electron chi connectivity index (χ3n) is 3.73. The number of likely N-dealkylation sites (tertiary alicyclic amines) is 1. The number of carbonyl (C=O) groups is 1. The highest BCUT2D eigenvalue weighted by atomic mass is 16.5. The van der Waals surface area contributed by atoms with E-state index in [1.807, 2.05) is 23.1 Å². The number of pyridine rings is 1. The molecule has 1 saturated heterocycles. The monoisotopic (exact) mass is 286 g/mol. The van der Waals surface area contributed by atoms with E-state index in [-0.39, 0.29) is 11.9 Å². The zero-order valence-corrected chi connectivity index (χ0v) is 12.0. The average Bonchev–Trinajstić information content (AvgIpc) is 3.17. The van der Waals surface area contributed by atoms with Crippen LogP contribution in [0.1, 0.15) is 23.3 Å². The van der Waals surface area contributed by atoms with Gasteiger partial charge in [0, 0.05) is 19.9 Å². The second kappa shape index (κ2) is 6.05. The molecule has 1 N–H and O–H groups in total. The van der Waals surface area contributed by atoms with Crippen LogP contribution in [-0.4, -0.2) is 52.3 Å². The molecule has 6 heteroatoms. The van der Waals surface area contributed by atoms with Crippen molar-refractivity contribution in [3.05, 3.63) is 36.2 Å². The second-order valence-corrected chi connectivity index (χ2v) is 5.13. The molecule has 21 heavy (non-hydrogen) atoms. The van der Waals surface area contributed by atoms with Gasteiger partial charge in [0.2, 0.25) is 0 Å². The summed E-state index contributed by atoms with van der Waals surface area (Å²) < 4.78 is 5.19. The first-order chi connectivity index (χ1) is 10.3. The minimum atomic E-state index is -0.0239. The van der Waals surface area contributed by atoms with Crippen molar-refractivity contribution in [1.29, 1.82) is 0 Å². The number of ether oxygens (including phenoxy) is 1. The molecule has 6 nitrogen and oxygen atoms in total. The van der Waals surface area contributed by atoms with Gasteiger partial charge in [0.1, 0.15) is 11.4 Å². The van der Waals surface area contributed by atoms with Gasteiger partial charge in [-0.3, -0.25) is 14.9 Å². The predicted molar refractivity (Wildman–Crippen MR) is 77.8 cm³/mol. The van der Waals surface area contributed by atoms with Crippen molar-refractivity contribution in [2.24, 2.45) is 0 Å². The van der Waals surface area contributed by atoms with Gasteiger partial charge < -0.3 is 9.64 Å². The number of carbonyl (C=O) groups excluding carboxylic acids is 1. The van der Waals surface area contributed by atoms with E-state index in [4.69, 9.17) is 4.74 Å². The van der Waals surface area contributed by atoms with Gasteiger partial charge in [-0.15, -0.1) is 0 Å². The SMILES string of the molecule is COC[C@H]1CCCN1C(=O)c1cc(-c2ccccn2)n[nH]1. The molecule has 2 aromatic rings. The lowest BCUT2D eigenvalue weighted by atomic mass is 10.2. The van der Waals surface area contributed by atoms with Gasteiger partial charge in [0.05, 0.1) is 18.3 Å². The van der Waals surface area contributed by atoms with Gasteiger partial charge in [-0.25, -0.2) is 0 Å². The Bertz CT molecular complexity index is 611. The molecule has 0 bridgehead atoms. The minimum Gasteiger partial charge on any atom is -0.383 e. The molecular formula is C15H18N4O2. The van der Waals surface area contributed by atoms with Crippen LogP contribution in [0, 0.1) is 0 Å². The first-order valence-corrected chi connectivity index (χ1v) is 7.06. The van der Waals surface area contributed by atoms with Gasteiger partial charge in [0.15, 0.2) is 0 Å². The number of rotatable bonds is 4. The number of amides is 1. The average molecular weight is 286 g/mol. The number of methoxy groups -OCH3 is 1. The van der Waals surface area contributed by atoms with Crippen molar-refractivity contribution in [2.45, 2.75) is 18.9 Å². The molecule has 110 valence electrons. The van der Waals surface area contributed by atoms with Crippen LogP contribution < -0.4 is 0 Å². The van der Waals surface area contributed by atoms with Crippen LogP contribution in [0.4, 0.5) is 0 Å². The van der Waals surface area contributed by atoms with Crippen molar-refractivity contribution >= 4 is 5.91 Å². The van der Waals surface area contributed by atoms with Gasteiger partial charge in [-0.1, -0.05) is 6.07 Å². The Balaban J connectivity index is 1.78. The quantitative estimate of drug-likeness (QED) is 0.929. The summed E-state index contributed by atoms with van der Waals surface area (Å²) in [4.78, 5) is 18.7. The van der Waals surface area contributed by atoms with Crippen molar-refractivity contribution in [2.75, 3.05) is 20.3 Å². The van der Waals surface area contributed by atoms with E-state index in [1.54, 1.807) is 19.4 Å². The first kappa shape index (κ1) is 13.8. The summed E-state index contributed by atoms with van der Waals surface area (Å²) in [6, 6.07) is 7.53. The standard InChI is InChI=1S/C15H18N4O2/c1-21-10-11-5-4-8-19(11)15(20)14-9-13(17-18-14)12-6-2-3-7-16-12/h2-3,6-7,9,11H,4-5,8,10H2,1H3,(H,17,18)/t11-/m1/s1. The van der Waals surface area contributed by atoms with Gasteiger partial charge in [-0.05, 0) is 31.0 Å². The third-order valence-corrected chi connectivity index (χ3v) is 3.73. The van der Waals surface area contributed by atoms with E-state index >= 15 is 0 Å². The lowest BCUT2D eigenvalue weighted by molar-refractivity contribution is 0.0625. The molecule has 1 aliphatic rings. The van der Waals surface area contributed by atoms with Gasteiger partial charge in [0.25, 0.3) is 5.91 Å². The molecule has 0 aromatic carbocycles. The molecule has 0 unspecified atom stereocenters. The molecule has 1 aliphatic heterocycles. The summed E-state index contributed by atoms with van der Waals surface area (Å²) in [5, 5.41) is 7.01. The fraction of sp³-hybridized carbons (Fsp3) is 0.400. The van der Waals surface area contributed by atoms with E-state index in [2.05, 4.69) is 15.2 Å². The Kier molecular flexibility index (Phi) is 3.96. The molecule has 1 fully saturated rings. The van der Waals surface area contributed by atoms with Crippen LogP contribution in [-0.2, 0) is 4.74 Å². The molecule has 0 aliphatic carbocycles.